The van der Waals surface area contributed by atoms with E-state index in [0.29, 0.717) is 5.92 Å². The molecule has 0 heterocycles. The second-order valence-corrected chi connectivity index (χ2v) is 7.20. The highest BCUT2D eigenvalue weighted by Crippen LogP contribution is 2.25. The fourth-order valence-corrected chi connectivity index (χ4v) is 3.25. The van der Waals surface area contributed by atoms with Gasteiger partial charge in [-0.05, 0) is 42.2 Å². The van der Waals surface area contributed by atoms with Gasteiger partial charge in [0, 0.05) is 6.07 Å². The maximum Gasteiger partial charge on any atom is 0.339 e. The summed E-state index contributed by atoms with van der Waals surface area (Å²) in [7, 11) is -3.82. The number of anilines is 1. The minimum atomic E-state index is -3.82. The summed E-state index contributed by atoms with van der Waals surface area (Å²) in [6, 6.07) is 10.1. The van der Waals surface area contributed by atoms with Gasteiger partial charge < -0.3 is 10.2 Å². The van der Waals surface area contributed by atoms with E-state index in [-0.39, 0.29) is 16.1 Å². The minimum Gasteiger partial charge on any atom is -0.507 e. The molecule has 6 nitrogen and oxygen atoms in total. The average Bonchev–Trinajstić information content (AvgIpc) is 2.53. The molecule has 2 rings (SSSR count). The van der Waals surface area contributed by atoms with Gasteiger partial charge in [0.25, 0.3) is 10.0 Å². The van der Waals surface area contributed by atoms with Crippen molar-refractivity contribution in [3.8, 4) is 5.75 Å². The van der Waals surface area contributed by atoms with Crippen molar-refractivity contribution in [1.29, 1.82) is 0 Å². The number of nitrogens with one attached hydrogen (secondary N) is 1. The summed E-state index contributed by atoms with van der Waals surface area (Å²) in [5.74, 6) is -1.45. The summed E-state index contributed by atoms with van der Waals surface area (Å²) in [5, 5.41) is 18.5. The van der Waals surface area contributed by atoms with Crippen molar-refractivity contribution in [2.75, 3.05) is 4.72 Å². The second-order valence-electron chi connectivity index (χ2n) is 5.52. The van der Waals surface area contributed by atoms with Crippen LogP contribution in [0.25, 0.3) is 0 Å². The standard InChI is InChI=1S/C17H19NO5S/c1-3-11(2)12-4-7-14(8-5-12)24(22,23)18-13-6-9-15(17(20)21)16(19)10-13/h4-11,18-19H,3H2,1-2H3,(H,20,21)/t11-/m0/s1. The molecule has 0 spiro atoms. The number of carboxylic acids is 1. The number of hydrogen-bond acceptors (Lipinski definition) is 4. The van der Waals surface area contributed by atoms with E-state index in [4.69, 9.17) is 5.11 Å². The monoisotopic (exact) mass is 349 g/mol. The van der Waals surface area contributed by atoms with Crippen LogP contribution < -0.4 is 4.72 Å². The fraction of sp³-hybridized carbons (Fsp3) is 0.235. The van der Waals surface area contributed by atoms with Gasteiger partial charge in [-0.15, -0.1) is 0 Å². The zero-order valence-corrected chi connectivity index (χ0v) is 14.2. The van der Waals surface area contributed by atoms with Gasteiger partial charge in [0.15, 0.2) is 0 Å². The predicted octanol–water partition coefficient (Wildman–Crippen LogP) is 3.40. The van der Waals surface area contributed by atoms with Gasteiger partial charge in [-0.25, -0.2) is 13.2 Å². The number of carboxylic acid groups (broad SMARTS) is 1. The van der Waals surface area contributed by atoms with Crippen LogP contribution in [0.1, 0.15) is 42.1 Å². The summed E-state index contributed by atoms with van der Waals surface area (Å²) in [6.07, 6.45) is 0.958. The molecule has 0 unspecified atom stereocenters. The molecule has 0 aliphatic rings. The van der Waals surface area contributed by atoms with E-state index in [1.165, 1.54) is 18.2 Å². The molecular formula is C17H19NO5S. The van der Waals surface area contributed by atoms with E-state index in [0.717, 1.165) is 24.1 Å². The lowest BCUT2D eigenvalue weighted by atomic mass is 9.99. The summed E-state index contributed by atoms with van der Waals surface area (Å²) in [4.78, 5) is 10.9. The SMILES string of the molecule is CC[C@H](C)c1ccc(S(=O)(=O)Nc2ccc(C(=O)O)c(O)c2)cc1. The van der Waals surface area contributed by atoms with E-state index in [9.17, 15) is 18.3 Å². The predicted molar refractivity (Wildman–Crippen MR) is 91.0 cm³/mol. The summed E-state index contributed by atoms with van der Waals surface area (Å²) in [6.45, 7) is 4.12. The number of benzene rings is 2. The number of sulfonamides is 1. The summed E-state index contributed by atoms with van der Waals surface area (Å²) >= 11 is 0. The molecule has 128 valence electrons. The number of phenols is 1. The van der Waals surface area contributed by atoms with Gasteiger partial charge >= 0.3 is 5.97 Å². The first-order valence-electron chi connectivity index (χ1n) is 7.43. The first kappa shape index (κ1) is 17.8. The highest BCUT2D eigenvalue weighted by molar-refractivity contribution is 7.92. The van der Waals surface area contributed by atoms with Crippen LogP contribution in [0.15, 0.2) is 47.4 Å². The maximum atomic E-state index is 12.4. The van der Waals surface area contributed by atoms with Gasteiger partial charge in [0.2, 0.25) is 0 Å². The summed E-state index contributed by atoms with van der Waals surface area (Å²) < 4.78 is 27.1. The number of carbonyl (C=O) groups is 1. The maximum absolute atomic E-state index is 12.4. The Hall–Kier alpha value is -2.54. The van der Waals surface area contributed by atoms with E-state index < -0.39 is 21.7 Å². The van der Waals surface area contributed by atoms with E-state index >= 15 is 0 Å². The quantitative estimate of drug-likeness (QED) is 0.741. The Bertz CT molecular complexity index is 844. The third-order valence-electron chi connectivity index (χ3n) is 3.85. The molecular weight excluding hydrogens is 330 g/mol. The lowest BCUT2D eigenvalue weighted by molar-refractivity contribution is 0.0694. The topological polar surface area (TPSA) is 104 Å². The molecule has 2 aromatic rings. The van der Waals surface area contributed by atoms with Crippen LogP contribution >= 0.6 is 0 Å². The molecule has 0 aromatic heterocycles. The highest BCUT2D eigenvalue weighted by Gasteiger charge is 2.17. The number of hydrogen-bond donors (Lipinski definition) is 3. The van der Waals surface area contributed by atoms with Crippen LogP contribution in [0.2, 0.25) is 0 Å². The van der Waals surface area contributed by atoms with Crippen LogP contribution in [-0.2, 0) is 10.0 Å². The van der Waals surface area contributed by atoms with Crippen molar-refractivity contribution >= 4 is 21.7 Å². The van der Waals surface area contributed by atoms with Gasteiger partial charge in [-0.3, -0.25) is 4.72 Å². The first-order chi connectivity index (χ1) is 11.2. The Labute approximate surface area is 140 Å². The molecule has 3 N–H and O–H groups in total. The largest absolute Gasteiger partial charge is 0.507 e. The average molecular weight is 349 g/mol. The second kappa shape index (κ2) is 6.92. The van der Waals surface area contributed by atoms with Crippen LogP contribution in [-0.4, -0.2) is 24.6 Å². The molecule has 0 aliphatic heterocycles. The molecule has 0 fully saturated rings. The fourth-order valence-electron chi connectivity index (χ4n) is 2.20. The zero-order chi connectivity index (χ0) is 17.9. The lowest BCUT2D eigenvalue weighted by Gasteiger charge is -2.12. The number of aromatic carboxylic acids is 1. The summed E-state index contributed by atoms with van der Waals surface area (Å²) in [5.41, 5.74) is 0.847. The molecule has 0 radical (unpaired) electrons. The van der Waals surface area contributed by atoms with Crippen LogP contribution in [0, 0.1) is 0 Å². The van der Waals surface area contributed by atoms with E-state index in [1.807, 2.05) is 0 Å². The van der Waals surface area contributed by atoms with Gasteiger partial charge in [-0.1, -0.05) is 26.0 Å². The third-order valence-corrected chi connectivity index (χ3v) is 5.25. The van der Waals surface area contributed by atoms with Gasteiger partial charge in [0.1, 0.15) is 11.3 Å². The number of rotatable bonds is 6. The van der Waals surface area contributed by atoms with E-state index in [1.54, 1.807) is 12.1 Å². The smallest absolute Gasteiger partial charge is 0.339 e. The van der Waals surface area contributed by atoms with Crippen molar-refractivity contribution in [3.63, 3.8) is 0 Å². The van der Waals surface area contributed by atoms with Gasteiger partial charge in [0.05, 0.1) is 10.6 Å². The number of aromatic hydroxyl groups is 1. The molecule has 0 aliphatic carbocycles. The molecule has 7 heteroatoms. The Morgan fingerprint density at radius 1 is 1.17 bits per heavy atom. The lowest BCUT2D eigenvalue weighted by Crippen LogP contribution is -2.13. The molecule has 24 heavy (non-hydrogen) atoms. The van der Waals surface area contributed by atoms with Crippen molar-refractivity contribution in [2.24, 2.45) is 0 Å². The van der Waals surface area contributed by atoms with E-state index in [2.05, 4.69) is 18.6 Å². The minimum absolute atomic E-state index is 0.0866. The van der Waals surface area contributed by atoms with Crippen molar-refractivity contribution < 1.29 is 23.4 Å². The molecule has 1 atom stereocenters. The van der Waals surface area contributed by atoms with Crippen LogP contribution in [0.5, 0.6) is 5.75 Å². The van der Waals surface area contributed by atoms with Crippen molar-refractivity contribution in [1.82, 2.24) is 0 Å². The molecule has 2 aromatic carbocycles. The van der Waals surface area contributed by atoms with Crippen LogP contribution in [0.4, 0.5) is 5.69 Å². The zero-order valence-electron chi connectivity index (χ0n) is 13.4. The van der Waals surface area contributed by atoms with Crippen molar-refractivity contribution in [2.45, 2.75) is 31.1 Å². The van der Waals surface area contributed by atoms with Gasteiger partial charge in [-0.2, -0.15) is 0 Å². The molecule has 0 bridgehead atoms. The normalized spacial score (nSPS) is 12.6. The molecule has 0 saturated carbocycles. The third kappa shape index (κ3) is 3.86. The Balaban J connectivity index is 2.25. The molecule has 0 saturated heterocycles. The Morgan fingerprint density at radius 2 is 1.79 bits per heavy atom. The van der Waals surface area contributed by atoms with Crippen LogP contribution in [0.3, 0.4) is 0 Å². The molecule has 0 amide bonds. The Morgan fingerprint density at radius 3 is 2.29 bits per heavy atom. The Kier molecular flexibility index (Phi) is 5.14. The first-order valence-corrected chi connectivity index (χ1v) is 8.92. The van der Waals surface area contributed by atoms with Crippen molar-refractivity contribution in [3.05, 3.63) is 53.6 Å². The highest BCUT2D eigenvalue weighted by atomic mass is 32.2.